The summed E-state index contributed by atoms with van der Waals surface area (Å²) in [4.78, 5) is 30.5. The van der Waals surface area contributed by atoms with Crippen LogP contribution >= 0.6 is 0 Å². The first-order chi connectivity index (χ1) is 13.2. The molecule has 1 aliphatic heterocycles. The van der Waals surface area contributed by atoms with Gasteiger partial charge in [0.05, 0.1) is 12.1 Å². The molecule has 0 radical (unpaired) electrons. The van der Waals surface area contributed by atoms with Crippen molar-refractivity contribution in [1.82, 2.24) is 25.0 Å². The lowest BCUT2D eigenvalue weighted by Crippen LogP contribution is -2.44. The third-order valence-electron chi connectivity index (χ3n) is 4.86. The summed E-state index contributed by atoms with van der Waals surface area (Å²) in [5, 5.41) is 9.71. The minimum atomic E-state index is -0.120. The van der Waals surface area contributed by atoms with Crippen molar-refractivity contribution in [2.75, 3.05) is 25.5 Å². The molecule has 8 nitrogen and oxygen atoms in total. The van der Waals surface area contributed by atoms with Crippen LogP contribution < -0.4 is 10.6 Å². The number of aromatic nitrogens is 3. The predicted octanol–water partition coefficient (Wildman–Crippen LogP) is 1.52. The minimum Gasteiger partial charge on any atom is -0.361 e. The Bertz CT molecular complexity index is 744. The lowest BCUT2D eigenvalue weighted by Gasteiger charge is -2.36. The molecule has 2 amide bonds. The molecule has 2 N–H and O–H groups in total. The summed E-state index contributed by atoms with van der Waals surface area (Å²) in [6.07, 6.45) is 9.39. The molecule has 2 aromatic rings. The summed E-state index contributed by atoms with van der Waals surface area (Å²) >= 11 is 0. The molecule has 1 aliphatic rings. The van der Waals surface area contributed by atoms with E-state index in [1.165, 1.54) is 0 Å². The second-order valence-corrected chi connectivity index (χ2v) is 6.66. The number of likely N-dealkylation sites (tertiary alicyclic amines) is 1. The van der Waals surface area contributed by atoms with E-state index in [9.17, 15) is 9.59 Å². The van der Waals surface area contributed by atoms with Gasteiger partial charge in [-0.2, -0.15) is 5.10 Å². The highest BCUT2D eigenvalue weighted by Gasteiger charge is 2.27. The fourth-order valence-corrected chi connectivity index (χ4v) is 3.33. The fraction of sp³-hybridized carbons (Fsp3) is 0.474. The maximum absolute atomic E-state index is 13.0. The topological polar surface area (TPSA) is 92.2 Å². The monoisotopic (exact) mass is 370 g/mol. The van der Waals surface area contributed by atoms with Crippen LogP contribution in [0.3, 0.4) is 0 Å². The summed E-state index contributed by atoms with van der Waals surface area (Å²) in [5.74, 6) is 0.472. The highest BCUT2D eigenvalue weighted by molar-refractivity contribution is 5.94. The summed E-state index contributed by atoms with van der Waals surface area (Å²) < 4.78 is 1.91. The number of nitrogens with zero attached hydrogens (tertiary/aromatic N) is 4. The Labute approximate surface area is 159 Å². The molecular weight excluding hydrogens is 344 g/mol. The van der Waals surface area contributed by atoms with Gasteiger partial charge < -0.3 is 15.5 Å². The Morgan fingerprint density at radius 1 is 1.30 bits per heavy atom. The van der Waals surface area contributed by atoms with Gasteiger partial charge in [-0.05, 0) is 43.9 Å². The van der Waals surface area contributed by atoms with Crippen LogP contribution in [0.25, 0.3) is 0 Å². The van der Waals surface area contributed by atoms with Crippen molar-refractivity contribution in [2.24, 2.45) is 0 Å². The van der Waals surface area contributed by atoms with Crippen molar-refractivity contribution < 1.29 is 9.59 Å². The number of carbonyl (C=O) groups is 2. The Morgan fingerprint density at radius 3 is 2.89 bits per heavy atom. The molecule has 1 fully saturated rings. The highest BCUT2D eigenvalue weighted by atomic mass is 16.2. The van der Waals surface area contributed by atoms with E-state index in [2.05, 4.69) is 20.7 Å². The summed E-state index contributed by atoms with van der Waals surface area (Å²) in [5.41, 5.74) is 0.575. The van der Waals surface area contributed by atoms with Crippen LogP contribution in [0.1, 0.15) is 36.0 Å². The Balaban J connectivity index is 1.60. The van der Waals surface area contributed by atoms with Crippen molar-refractivity contribution in [2.45, 2.75) is 38.3 Å². The van der Waals surface area contributed by atoms with E-state index in [0.717, 1.165) is 38.8 Å². The van der Waals surface area contributed by atoms with Gasteiger partial charge in [-0.3, -0.25) is 14.3 Å². The minimum absolute atomic E-state index is 0.0190. The zero-order valence-corrected chi connectivity index (χ0v) is 15.6. The number of rotatable bonds is 7. The molecule has 0 aliphatic carbocycles. The molecule has 2 aromatic heterocycles. The predicted molar refractivity (Wildman–Crippen MR) is 102 cm³/mol. The smallest absolute Gasteiger partial charge is 0.255 e. The van der Waals surface area contributed by atoms with Gasteiger partial charge in [0.1, 0.15) is 5.82 Å². The van der Waals surface area contributed by atoms with Gasteiger partial charge in [-0.25, -0.2) is 4.98 Å². The molecule has 1 saturated heterocycles. The van der Waals surface area contributed by atoms with Crippen LogP contribution in [0.15, 0.2) is 36.8 Å². The first-order valence-corrected chi connectivity index (χ1v) is 9.36. The van der Waals surface area contributed by atoms with Crippen LogP contribution in [0, 0.1) is 0 Å². The molecule has 0 saturated carbocycles. The van der Waals surface area contributed by atoms with Gasteiger partial charge in [-0.1, -0.05) is 0 Å². The molecule has 1 atom stereocenters. The molecule has 0 bridgehead atoms. The van der Waals surface area contributed by atoms with Crippen molar-refractivity contribution >= 4 is 17.6 Å². The summed E-state index contributed by atoms with van der Waals surface area (Å²) in [7, 11) is 1.58. The number of anilines is 1. The van der Waals surface area contributed by atoms with Gasteiger partial charge >= 0.3 is 0 Å². The Morgan fingerprint density at radius 2 is 2.19 bits per heavy atom. The zero-order valence-electron chi connectivity index (χ0n) is 15.6. The number of carbonyl (C=O) groups excluding carboxylic acids is 2. The van der Waals surface area contributed by atoms with E-state index in [1.807, 2.05) is 21.8 Å². The maximum Gasteiger partial charge on any atom is 0.255 e. The van der Waals surface area contributed by atoms with Crippen LogP contribution in [-0.4, -0.2) is 57.7 Å². The average molecular weight is 370 g/mol. The quantitative estimate of drug-likeness (QED) is 0.771. The van der Waals surface area contributed by atoms with E-state index < -0.39 is 0 Å². The molecule has 3 heterocycles. The summed E-state index contributed by atoms with van der Waals surface area (Å²) in [6, 6.07) is 5.64. The first kappa shape index (κ1) is 18.9. The van der Waals surface area contributed by atoms with Crippen molar-refractivity contribution in [3.05, 3.63) is 42.4 Å². The fourth-order valence-electron chi connectivity index (χ4n) is 3.33. The number of aryl methyl sites for hydroxylation is 1. The van der Waals surface area contributed by atoms with Gasteiger partial charge in [0.2, 0.25) is 5.91 Å². The number of nitrogens with one attached hydrogen (secondary N) is 2. The van der Waals surface area contributed by atoms with E-state index >= 15 is 0 Å². The number of hydrogen-bond acceptors (Lipinski definition) is 5. The zero-order chi connectivity index (χ0) is 19.1. The van der Waals surface area contributed by atoms with E-state index in [1.54, 1.807) is 31.6 Å². The van der Waals surface area contributed by atoms with Crippen LogP contribution in [0.2, 0.25) is 0 Å². The maximum atomic E-state index is 13.0. The number of likely N-dealkylation sites (N-methyl/N-ethyl adjacent to an activating group) is 1. The largest absolute Gasteiger partial charge is 0.361 e. The normalized spacial score (nSPS) is 16.8. The average Bonchev–Trinajstić information content (AvgIpc) is 3.24. The summed E-state index contributed by atoms with van der Waals surface area (Å²) in [6.45, 7) is 1.74. The highest BCUT2D eigenvalue weighted by Crippen LogP contribution is 2.22. The molecule has 144 valence electrons. The first-order valence-electron chi connectivity index (χ1n) is 9.36. The van der Waals surface area contributed by atoms with Crippen molar-refractivity contribution in [1.29, 1.82) is 0 Å². The third kappa shape index (κ3) is 5.06. The van der Waals surface area contributed by atoms with Crippen molar-refractivity contribution in [3.8, 4) is 0 Å². The van der Waals surface area contributed by atoms with E-state index in [0.29, 0.717) is 11.4 Å². The third-order valence-corrected chi connectivity index (χ3v) is 4.86. The molecule has 27 heavy (non-hydrogen) atoms. The number of hydrogen-bond donors (Lipinski definition) is 2. The SMILES string of the molecule is CNC(=O)CNc1ccc(C(=O)N2CCCC[C@@H]2CCn2cccn2)cn1. The molecule has 8 heteroatoms. The standard InChI is InChI=1S/C19H26N6O2/c1-20-18(26)14-22-17-7-6-15(13-21-17)19(27)25-11-3-2-5-16(25)8-12-24-10-4-9-23-24/h4,6-7,9-10,13,16H,2-3,5,8,11-12,14H2,1H3,(H,20,26)(H,21,22)/t16-/m1/s1. The number of piperidine rings is 1. The lowest BCUT2D eigenvalue weighted by molar-refractivity contribution is -0.118. The second-order valence-electron chi connectivity index (χ2n) is 6.66. The van der Waals surface area contributed by atoms with Gasteiger partial charge in [0, 0.05) is 44.8 Å². The number of amides is 2. The van der Waals surface area contributed by atoms with E-state index in [4.69, 9.17) is 0 Å². The van der Waals surface area contributed by atoms with Crippen LogP contribution in [0.5, 0.6) is 0 Å². The van der Waals surface area contributed by atoms with Gasteiger partial charge in [-0.15, -0.1) is 0 Å². The Hall–Kier alpha value is -2.90. The van der Waals surface area contributed by atoms with Crippen LogP contribution in [0.4, 0.5) is 5.82 Å². The molecule has 0 spiro atoms. The molecule has 3 rings (SSSR count). The van der Waals surface area contributed by atoms with Gasteiger partial charge in [0.25, 0.3) is 5.91 Å². The van der Waals surface area contributed by atoms with Gasteiger partial charge in [0.15, 0.2) is 0 Å². The van der Waals surface area contributed by atoms with Crippen molar-refractivity contribution in [3.63, 3.8) is 0 Å². The second kappa shape index (κ2) is 9.16. The molecular formula is C19H26N6O2. The van der Waals surface area contributed by atoms with E-state index in [-0.39, 0.29) is 24.4 Å². The molecule has 0 unspecified atom stereocenters. The molecule has 0 aromatic carbocycles. The lowest BCUT2D eigenvalue weighted by atomic mass is 9.98. The number of pyridine rings is 1. The Kier molecular flexibility index (Phi) is 6.40. The van der Waals surface area contributed by atoms with Crippen LogP contribution in [-0.2, 0) is 11.3 Å².